The van der Waals surface area contributed by atoms with E-state index in [1.807, 2.05) is 30.3 Å². The Labute approximate surface area is 228 Å². The van der Waals surface area contributed by atoms with Crippen molar-refractivity contribution in [3.05, 3.63) is 100 Å². The molecule has 0 radical (unpaired) electrons. The van der Waals surface area contributed by atoms with Crippen LogP contribution in [0.3, 0.4) is 0 Å². The van der Waals surface area contributed by atoms with E-state index in [2.05, 4.69) is 5.32 Å². The molecule has 202 valence electrons. The highest BCUT2D eigenvalue weighted by atomic mass is 35.5. The molecule has 0 aliphatic carbocycles. The van der Waals surface area contributed by atoms with Crippen molar-refractivity contribution in [1.29, 1.82) is 0 Å². The number of benzene rings is 3. The molecule has 0 unspecified atom stereocenters. The van der Waals surface area contributed by atoms with Gasteiger partial charge < -0.3 is 10.2 Å². The largest absolute Gasteiger partial charge is 0.355 e. The summed E-state index contributed by atoms with van der Waals surface area (Å²) in [4.78, 5) is 28.4. The minimum absolute atomic E-state index is 0.155. The molecule has 10 heteroatoms. The van der Waals surface area contributed by atoms with E-state index in [1.54, 1.807) is 32.0 Å². The predicted octanol–water partition coefficient (Wildman–Crippen LogP) is 4.33. The fraction of sp³-hybridized carbons (Fsp3) is 0.286. The van der Waals surface area contributed by atoms with Gasteiger partial charge in [-0.25, -0.2) is 12.8 Å². The Hall–Kier alpha value is -3.43. The summed E-state index contributed by atoms with van der Waals surface area (Å²) in [7, 11) is -3.92. The number of hydrogen-bond acceptors (Lipinski definition) is 4. The summed E-state index contributed by atoms with van der Waals surface area (Å²) in [5.41, 5.74) is 1.95. The van der Waals surface area contributed by atoms with E-state index in [0.717, 1.165) is 21.7 Å². The van der Waals surface area contributed by atoms with Crippen LogP contribution in [0.4, 0.5) is 10.1 Å². The third-order valence-electron chi connectivity index (χ3n) is 6.04. The third-order valence-corrected chi connectivity index (χ3v) is 7.59. The second kappa shape index (κ2) is 12.9. The van der Waals surface area contributed by atoms with Gasteiger partial charge in [-0.15, -0.1) is 0 Å². The number of aryl methyl sites for hydroxylation is 1. The highest BCUT2D eigenvalue weighted by Crippen LogP contribution is 2.26. The van der Waals surface area contributed by atoms with Gasteiger partial charge in [0.1, 0.15) is 18.4 Å². The molecule has 0 aliphatic rings. The lowest BCUT2D eigenvalue weighted by Crippen LogP contribution is -2.53. The Morgan fingerprint density at radius 2 is 1.68 bits per heavy atom. The summed E-state index contributed by atoms with van der Waals surface area (Å²) in [6.45, 7) is 3.03. The first kappa shape index (κ1) is 29.1. The monoisotopic (exact) mass is 559 g/mol. The molecule has 0 spiro atoms. The molecule has 3 aromatic carbocycles. The molecule has 3 rings (SSSR count). The first-order valence-electron chi connectivity index (χ1n) is 12.1. The summed E-state index contributed by atoms with van der Waals surface area (Å²) in [5, 5.41) is 3.10. The quantitative estimate of drug-likeness (QED) is 0.379. The first-order chi connectivity index (χ1) is 18.0. The van der Waals surface area contributed by atoms with Gasteiger partial charge in [0.05, 0.1) is 11.9 Å². The Kier molecular flexibility index (Phi) is 9.88. The van der Waals surface area contributed by atoms with Gasteiger partial charge in [-0.1, -0.05) is 66.2 Å². The van der Waals surface area contributed by atoms with Crippen molar-refractivity contribution in [1.82, 2.24) is 10.2 Å². The average molecular weight is 560 g/mol. The summed E-state index contributed by atoms with van der Waals surface area (Å²) in [5.74, 6) is -1.63. The molecule has 0 aromatic heterocycles. The van der Waals surface area contributed by atoms with Gasteiger partial charge in [-0.3, -0.25) is 13.9 Å². The normalized spacial score (nSPS) is 12.0. The van der Waals surface area contributed by atoms with Crippen LogP contribution >= 0.6 is 11.6 Å². The van der Waals surface area contributed by atoms with Crippen molar-refractivity contribution in [2.75, 3.05) is 23.7 Å². The average Bonchev–Trinajstić information content (AvgIpc) is 2.87. The zero-order valence-corrected chi connectivity index (χ0v) is 23.1. The molecule has 7 nitrogen and oxygen atoms in total. The summed E-state index contributed by atoms with van der Waals surface area (Å²) < 4.78 is 41.2. The lowest BCUT2D eigenvalue weighted by Gasteiger charge is -2.33. The fourth-order valence-corrected chi connectivity index (χ4v) is 5.02. The maximum absolute atomic E-state index is 14.7. The maximum atomic E-state index is 14.7. The van der Waals surface area contributed by atoms with Crippen molar-refractivity contribution in [3.8, 4) is 0 Å². The van der Waals surface area contributed by atoms with Crippen LogP contribution in [0.1, 0.15) is 23.6 Å². The number of halogens is 2. The van der Waals surface area contributed by atoms with Crippen molar-refractivity contribution in [3.63, 3.8) is 0 Å². The van der Waals surface area contributed by atoms with Gasteiger partial charge in [-0.05, 0) is 43.2 Å². The van der Waals surface area contributed by atoms with E-state index >= 15 is 0 Å². The number of sulfonamides is 1. The van der Waals surface area contributed by atoms with E-state index < -0.39 is 40.2 Å². The second-order valence-electron chi connectivity index (χ2n) is 8.92. The van der Waals surface area contributed by atoms with Gasteiger partial charge in [0.25, 0.3) is 0 Å². The van der Waals surface area contributed by atoms with Crippen molar-refractivity contribution >= 4 is 39.1 Å². The molecule has 3 aromatic rings. The van der Waals surface area contributed by atoms with E-state index in [9.17, 15) is 22.4 Å². The van der Waals surface area contributed by atoms with Gasteiger partial charge >= 0.3 is 0 Å². The molecule has 2 amide bonds. The molecule has 0 heterocycles. The van der Waals surface area contributed by atoms with E-state index in [1.165, 1.54) is 29.2 Å². The number of carbonyl (C=O) groups is 2. The predicted molar refractivity (Wildman–Crippen MR) is 148 cm³/mol. The van der Waals surface area contributed by atoms with Crippen molar-refractivity contribution in [2.45, 2.75) is 32.9 Å². The second-order valence-corrected chi connectivity index (χ2v) is 11.2. The highest BCUT2D eigenvalue weighted by Gasteiger charge is 2.33. The van der Waals surface area contributed by atoms with Crippen LogP contribution in [0, 0.1) is 12.7 Å². The van der Waals surface area contributed by atoms with Crippen LogP contribution < -0.4 is 9.62 Å². The van der Waals surface area contributed by atoms with Crippen molar-refractivity contribution in [2.24, 2.45) is 0 Å². The molecular formula is C28H31ClFN3O4S. The zero-order chi connectivity index (χ0) is 27.9. The van der Waals surface area contributed by atoms with Crippen LogP contribution in [0.15, 0.2) is 72.8 Å². The number of amides is 2. The number of anilines is 1. The van der Waals surface area contributed by atoms with Gasteiger partial charge in [0.15, 0.2) is 0 Å². The van der Waals surface area contributed by atoms with Crippen LogP contribution in [0.5, 0.6) is 0 Å². The smallest absolute Gasteiger partial charge is 0.244 e. The molecule has 0 fully saturated rings. The van der Waals surface area contributed by atoms with E-state index in [0.29, 0.717) is 11.6 Å². The Bertz CT molecular complexity index is 1390. The number of likely N-dealkylation sites (N-methyl/N-ethyl adjacent to an activating group) is 1. The number of nitrogens with one attached hydrogen (secondary N) is 1. The van der Waals surface area contributed by atoms with E-state index in [-0.39, 0.29) is 24.2 Å². The lowest BCUT2D eigenvalue weighted by molar-refractivity contribution is -0.140. The number of hydrogen-bond donors (Lipinski definition) is 1. The van der Waals surface area contributed by atoms with Gasteiger partial charge in [0, 0.05) is 30.1 Å². The standard InChI is InChI=1S/C28H31ClFN3O4S/c1-4-31-28(35)26(16-21-10-6-5-7-11-21)32(18-22-12-8-9-13-25(22)30)27(34)19-33(38(3,36)37)23-15-14-20(2)24(29)17-23/h5-15,17,26H,4,16,18-19H2,1-3H3,(H,31,35)/t26-/m1/s1. The summed E-state index contributed by atoms with van der Waals surface area (Å²) >= 11 is 6.24. The van der Waals surface area contributed by atoms with Gasteiger partial charge in [-0.2, -0.15) is 0 Å². The molecule has 0 saturated carbocycles. The molecule has 0 aliphatic heterocycles. The van der Waals surface area contributed by atoms with Crippen molar-refractivity contribution < 1.29 is 22.4 Å². The van der Waals surface area contributed by atoms with Crippen LogP contribution in [0.25, 0.3) is 0 Å². The summed E-state index contributed by atoms with van der Waals surface area (Å²) in [6, 6.07) is 18.8. The molecule has 1 atom stereocenters. The van der Waals surface area contributed by atoms with Gasteiger partial charge in [0.2, 0.25) is 21.8 Å². The molecular weight excluding hydrogens is 529 g/mol. The van der Waals surface area contributed by atoms with Crippen LogP contribution in [0.2, 0.25) is 5.02 Å². The fourth-order valence-electron chi connectivity index (χ4n) is 4.01. The molecule has 0 saturated heterocycles. The molecule has 38 heavy (non-hydrogen) atoms. The van der Waals surface area contributed by atoms with Crippen LogP contribution in [-0.2, 0) is 32.6 Å². The minimum Gasteiger partial charge on any atom is -0.355 e. The first-order valence-corrected chi connectivity index (χ1v) is 14.3. The Balaban J connectivity index is 2.06. The zero-order valence-electron chi connectivity index (χ0n) is 21.5. The molecule has 0 bridgehead atoms. The lowest BCUT2D eigenvalue weighted by atomic mass is 10.0. The number of carbonyl (C=O) groups excluding carboxylic acids is 2. The SMILES string of the molecule is CCNC(=O)[C@@H](Cc1ccccc1)N(Cc1ccccc1F)C(=O)CN(c1ccc(C)c(Cl)c1)S(C)(=O)=O. The van der Waals surface area contributed by atoms with E-state index in [4.69, 9.17) is 11.6 Å². The topological polar surface area (TPSA) is 86.8 Å². The Morgan fingerprint density at radius 1 is 1.03 bits per heavy atom. The number of rotatable bonds is 11. The molecule has 1 N–H and O–H groups in total. The third kappa shape index (κ3) is 7.55. The number of nitrogens with zero attached hydrogens (tertiary/aromatic N) is 2. The maximum Gasteiger partial charge on any atom is 0.244 e. The minimum atomic E-state index is -3.92. The highest BCUT2D eigenvalue weighted by molar-refractivity contribution is 7.92. The summed E-state index contributed by atoms with van der Waals surface area (Å²) in [6.07, 6.45) is 1.14. The van der Waals surface area contributed by atoms with Crippen LogP contribution in [-0.4, -0.2) is 50.5 Å². The Morgan fingerprint density at radius 3 is 2.29 bits per heavy atom.